The van der Waals surface area contributed by atoms with E-state index < -0.39 is 11.7 Å². The van der Waals surface area contributed by atoms with Crippen LogP contribution >= 0.6 is 0 Å². The van der Waals surface area contributed by atoms with Crippen LogP contribution in [0.5, 0.6) is 0 Å². The topological polar surface area (TPSA) is 53.4 Å². The Bertz CT molecular complexity index is 813. The Labute approximate surface area is 195 Å². The van der Waals surface area contributed by atoms with Crippen molar-refractivity contribution < 1.29 is 10.2 Å². The molecule has 0 saturated heterocycles. The van der Waals surface area contributed by atoms with Gasteiger partial charge in [-0.3, -0.25) is 4.98 Å². The first-order valence-corrected chi connectivity index (χ1v) is 13.5. The van der Waals surface area contributed by atoms with E-state index in [1.54, 1.807) is 6.20 Å². The number of aliphatic hydroxyl groups is 2. The normalized spacial score (nSPS) is 47.8. The summed E-state index contributed by atoms with van der Waals surface area (Å²) >= 11 is 0. The lowest BCUT2D eigenvalue weighted by molar-refractivity contribution is -0.154. The first-order valence-electron chi connectivity index (χ1n) is 13.5. The van der Waals surface area contributed by atoms with Crippen molar-refractivity contribution in [2.75, 3.05) is 0 Å². The SMILES string of the molecule is CC[C@]1(O)CC[C@@]2(C)[C@@H](CC[C@@H]3[C@@H]2CC[C@]2(C)[C@@H]([C@H](C)C(O)c4cccnc4)CC[C@@H]32)C1. The number of fused-ring (bicyclic) bond motifs is 5. The predicted molar refractivity (Wildman–Crippen MR) is 129 cm³/mol. The number of hydrogen-bond acceptors (Lipinski definition) is 3. The second-order valence-corrected chi connectivity index (χ2v) is 12.8. The molecule has 178 valence electrons. The highest BCUT2D eigenvalue weighted by Gasteiger charge is 2.61. The average Bonchev–Trinajstić information content (AvgIpc) is 3.16. The van der Waals surface area contributed by atoms with Crippen LogP contribution in [0.2, 0.25) is 0 Å². The van der Waals surface area contributed by atoms with Crippen LogP contribution in [0, 0.1) is 46.3 Å². The zero-order chi connectivity index (χ0) is 22.7. The summed E-state index contributed by atoms with van der Waals surface area (Å²) in [5.41, 5.74) is 1.34. The molecule has 3 nitrogen and oxygen atoms in total. The molecule has 0 radical (unpaired) electrons. The molecule has 1 aromatic heterocycles. The first-order chi connectivity index (χ1) is 15.2. The Morgan fingerprint density at radius 2 is 1.81 bits per heavy atom. The summed E-state index contributed by atoms with van der Waals surface area (Å²) in [4.78, 5) is 4.25. The van der Waals surface area contributed by atoms with Crippen LogP contribution in [-0.4, -0.2) is 20.8 Å². The zero-order valence-electron chi connectivity index (χ0n) is 20.8. The highest BCUT2D eigenvalue weighted by atomic mass is 16.3. The van der Waals surface area contributed by atoms with Crippen molar-refractivity contribution in [1.29, 1.82) is 0 Å². The molecule has 1 aromatic rings. The van der Waals surface area contributed by atoms with Crippen molar-refractivity contribution in [3.8, 4) is 0 Å². The highest BCUT2D eigenvalue weighted by Crippen LogP contribution is 2.69. The molecule has 2 N–H and O–H groups in total. The maximum absolute atomic E-state index is 11.2. The van der Waals surface area contributed by atoms with E-state index in [1.807, 2.05) is 18.3 Å². The summed E-state index contributed by atoms with van der Waals surface area (Å²) < 4.78 is 0. The quantitative estimate of drug-likeness (QED) is 0.559. The lowest BCUT2D eigenvalue weighted by Gasteiger charge is -2.62. The molecular weight excluding hydrogens is 394 g/mol. The fourth-order valence-corrected chi connectivity index (χ4v) is 9.62. The molecule has 1 heterocycles. The van der Waals surface area contributed by atoms with E-state index in [9.17, 15) is 10.2 Å². The van der Waals surface area contributed by atoms with Crippen molar-refractivity contribution in [3.63, 3.8) is 0 Å². The van der Waals surface area contributed by atoms with E-state index in [0.717, 1.165) is 42.6 Å². The van der Waals surface area contributed by atoms with E-state index in [-0.39, 0.29) is 5.92 Å². The van der Waals surface area contributed by atoms with Gasteiger partial charge in [0.1, 0.15) is 0 Å². The molecule has 0 bridgehead atoms. The summed E-state index contributed by atoms with van der Waals surface area (Å²) in [6, 6.07) is 3.97. The maximum atomic E-state index is 11.2. The Morgan fingerprint density at radius 3 is 2.53 bits per heavy atom. The third-order valence-corrected chi connectivity index (χ3v) is 11.7. The fourth-order valence-electron chi connectivity index (χ4n) is 9.62. The summed E-state index contributed by atoms with van der Waals surface area (Å²) in [5, 5.41) is 22.2. The van der Waals surface area contributed by atoms with E-state index >= 15 is 0 Å². The second-order valence-electron chi connectivity index (χ2n) is 12.8. The lowest BCUT2D eigenvalue weighted by Crippen LogP contribution is -2.56. The molecule has 3 heteroatoms. The number of rotatable bonds is 4. The number of hydrogen-bond donors (Lipinski definition) is 2. The summed E-state index contributed by atoms with van der Waals surface area (Å²) in [5.74, 6) is 4.04. The van der Waals surface area contributed by atoms with Gasteiger partial charge in [-0.2, -0.15) is 0 Å². The van der Waals surface area contributed by atoms with Crippen LogP contribution in [0.25, 0.3) is 0 Å². The van der Waals surface area contributed by atoms with E-state index in [0.29, 0.717) is 22.7 Å². The predicted octanol–water partition coefficient (Wildman–Crippen LogP) is 6.55. The monoisotopic (exact) mass is 439 g/mol. The zero-order valence-corrected chi connectivity index (χ0v) is 20.8. The summed E-state index contributed by atoms with van der Waals surface area (Å²) in [7, 11) is 0. The van der Waals surface area contributed by atoms with Gasteiger partial charge in [0.05, 0.1) is 11.7 Å². The van der Waals surface area contributed by atoms with Crippen LogP contribution in [-0.2, 0) is 0 Å². The molecule has 4 aliphatic rings. The molecule has 10 atom stereocenters. The number of aliphatic hydroxyl groups excluding tert-OH is 1. The van der Waals surface area contributed by atoms with E-state index in [1.165, 1.54) is 44.9 Å². The Kier molecular flexibility index (Phi) is 5.77. The van der Waals surface area contributed by atoms with Gasteiger partial charge in [0, 0.05) is 12.4 Å². The van der Waals surface area contributed by atoms with Gasteiger partial charge in [0.25, 0.3) is 0 Å². The molecule has 32 heavy (non-hydrogen) atoms. The third kappa shape index (κ3) is 3.40. The molecule has 5 rings (SSSR count). The number of pyridine rings is 1. The Morgan fingerprint density at radius 1 is 1.03 bits per heavy atom. The molecular formula is C29H45NO2. The van der Waals surface area contributed by atoms with Crippen LogP contribution in [0.4, 0.5) is 0 Å². The van der Waals surface area contributed by atoms with Gasteiger partial charge in [-0.15, -0.1) is 0 Å². The standard InChI is InChI=1S/C29H45NO2/c1-5-29(32)15-14-27(3)21(17-29)8-9-22-24-11-10-23(28(24,4)13-12-25(22)27)19(2)26(31)20-7-6-16-30-18-20/h6-7,16,18-19,21-26,31-32H,5,8-15,17H2,1-4H3/t19-,21-,22-,23+,24-,25-,26?,27-,28+,29-/m0/s1. The molecule has 0 aromatic carbocycles. The third-order valence-electron chi connectivity index (χ3n) is 11.7. The lowest BCUT2D eigenvalue weighted by atomic mass is 9.43. The first kappa shape index (κ1) is 22.8. The molecule has 4 fully saturated rings. The van der Waals surface area contributed by atoms with Crippen LogP contribution in [0.1, 0.15) is 104 Å². The molecule has 0 aliphatic heterocycles. The molecule has 4 saturated carbocycles. The van der Waals surface area contributed by atoms with Gasteiger partial charge >= 0.3 is 0 Å². The van der Waals surface area contributed by atoms with Crippen LogP contribution in [0.3, 0.4) is 0 Å². The van der Waals surface area contributed by atoms with E-state index in [2.05, 4.69) is 32.7 Å². The minimum atomic E-state index is -0.416. The van der Waals surface area contributed by atoms with Gasteiger partial charge in [0.2, 0.25) is 0 Å². The van der Waals surface area contributed by atoms with E-state index in [4.69, 9.17) is 0 Å². The molecule has 0 spiro atoms. The van der Waals surface area contributed by atoms with Crippen LogP contribution in [0.15, 0.2) is 24.5 Å². The summed E-state index contributed by atoms with van der Waals surface area (Å²) in [6.07, 6.45) is 15.3. The summed E-state index contributed by atoms with van der Waals surface area (Å²) in [6.45, 7) is 9.61. The van der Waals surface area contributed by atoms with Gasteiger partial charge in [-0.1, -0.05) is 33.8 Å². The molecule has 1 unspecified atom stereocenters. The van der Waals surface area contributed by atoms with Crippen molar-refractivity contribution in [1.82, 2.24) is 4.98 Å². The number of aromatic nitrogens is 1. The largest absolute Gasteiger partial charge is 0.390 e. The minimum Gasteiger partial charge on any atom is -0.390 e. The second kappa shape index (κ2) is 8.08. The van der Waals surface area contributed by atoms with Crippen molar-refractivity contribution >= 4 is 0 Å². The average molecular weight is 440 g/mol. The van der Waals surface area contributed by atoms with Gasteiger partial charge < -0.3 is 10.2 Å². The van der Waals surface area contributed by atoms with Crippen molar-refractivity contribution in [3.05, 3.63) is 30.1 Å². The number of nitrogens with zero attached hydrogens (tertiary/aromatic N) is 1. The van der Waals surface area contributed by atoms with Crippen molar-refractivity contribution in [2.45, 2.75) is 104 Å². The Balaban J connectivity index is 1.35. The van der Waals surface area contributed by atoms with Gasteiger partial charge in [-0.05, 0) is 122 Å². The molecule has 0 amide bonds. The van der Waals surface area contributed by atoms with Crippen molar-refractivity contribution in [2.24, 2.45) is 46.3 Å². The van der Waals surface area contributed by atoms with Gasteiger partial charge in [0.15, 0.2) is 0 Å². The van der Waals surface area contributed by atoms with Crippen LogP contribution < -0.4 is 0 Å². The minimum absolute atomic E-state index is 0.270. The molecule has 4 aliphatic carbocycles. The smallest absolute Gasteiger partial charge is 0.0833 e. The Hall–Kier alpha value is -0.930. The highest BCUT2D eigenvalue weighted by molar-refractivity contribution is 5.16. The maximum Gasteiger partial charge on any atom is 0.0833 e. The fraction of sp³-hybridized carbons (Fsp3) is 0.828. The van der Waals surface area contributed by atoms with Gasteiger partial charge in [-0.25, -0.2) is 0 Å².